The minimum Gasteiger partial charge on any atom is -0.325 e. The van der Waals surface area contributed by atoms with Gasteiger partial charge in [-0.25, -0.2) is 15.0 Å². The van der Waals surface area contributed by atoms with Gasteiger partial charge in [0.25, 0.3) is 0 Å². The molecule has 1 aliphatic carbocycles. The molecule has 0 radical (unpaired) electrons. The van der Waals surface area contributed by atoms with Crippen LogP contribution in [0.5, 0.6) is 0 Å². The van der Waals surface area contributed by atoms with Crippen LogP contribution in [0.15, 0.2) is 12.4 Å². The Hall–Kier alpha value is -1.07. The Balaban J connectivity index is 1.91. The van der Waals surface area contributed by atoms with Gasteiger partial charge in [0.2, 0.25) is 0 Å². The molecule has 2 heterocycles. The summed E-state index contributed by atoms with van der Waals surface area (Å²) in [5.74, 6) is 0. The van der Waals surface area contributed by atoms with E-state index in [1.807, 2.05) is 0 Å². The molecular weight excluding hydrogens is 208 g/mol. The first kappa shape index (κ1) is 9.18. The SMILES string of the molecule is NC1(Cc2nc3nccnc3s2)CCC1. The van der Waals surface area contributed by atoms with E-state index in [0.29, 0.717) is 0 Å². The molecular formula is C10H12N4S. The van der Waals surface area contributed by atoms with Crippen molar-refractivity contribution in [2.24, 2.45) is 5.73 Å². The van der Waals surface area contributed by atoms with Gasteiger partial charge in [-0.15, -0.1) is 0 Å². The third kappa shape index (κ3) is 1.61. The molecule has 15 heavy (non-hydrogen) atoms. The lowest BCUT2D eigenvalue weighted by molar-refractivity contribution is 0.247. The Morgan fingerprint density at radius 1 is 1.33 bits per heavy atom. The summed E-state index contributed by atoms with van der Waals surface area (Å²) >= 11 is 1.61. The van der Waals surface area contributed by atoms with Crippen molar-refractivity contribution in [2.45, 2.75) is 31.2 Å². The summed E-state index contributed by atoms with van der Waals surface area (Å²) in [4.78, 5) is 13.8. The first-order valence-electron chi connectivity index (χ1n) is 5.11. The lowest BCUT2D eigenvalue weighted by Gasteiger charge is -2.37. The smallest absolute Gasteiger partial charge is 0.189 e. The van der Waals surface area contributed by atoms with Crippen molar-refractivity contribution >= 4 is 21.8 Å². The van der Waals surface area contributed by atoms with E-state index in [9.17, 15) is 0 Å². The number of rotatable bonds is 2. The maximum absolute atomic E-state index is 6.18. The second-order valence-corrected chi connectivity index (χ2v) is 5.25. The molecule has 0 spiro atoms. The van der Waals surface area contributed by atoms with Gasteiger partial charge in [0.15, 0.2) is 10.5 Å². The molecule has 0 bridgehead atoms. The molecule has 0 amide bonds. The van der Waals surface area contributed by atoms with E-state index in [2.05, 4.69) is 15.0 Å². The van der Waals surface area contributed by atoms with Crippen molar-refractivity contribution in [1.82, 2.24) is 15.0 Å². The number of nitrogens with two attached hydrogens (primary N) is 1. The van der Waals surface area contributed by atoms with E-state index >= 15 is 0 Å². The number of fused-ring (bicyclic) bond motifs is 1. The van der Waals surface area contributed by atoms with Gasteiger partial charge in [-0.1, -0.05) is 11.3 Å². The lowest BCUT2D eigenvalue weighted by atomic mass is 9.75. The first-order valence-corrected chi connectivity index (χ1v) is 5.92. The molecule has 0 aliphatic heterocycles. The zero-order valence-electron chi connectivity index (χ0n) is 8.31. The highest BCUT2D eigenvalue weighted by Gasteiger charge is 2.33. The van der Waals surface area contributed by atoms with Gasteiger partial charge in [-0.05, 0) is 19.3 Å². The van der Waals surface area contributed by atoms with Gasteiger partial charge < -0.3 is 5.73 Å². The molecule has 0 aromatic carbocycles. The molecule has 0 unspecified atom stereocenters. The monoisotopic (exact) mass is 220 g/mol. The normalized spacial score (nSPS) is 19.0. The highest BCUT2D eigenvalue weighted by Crippen LogP contribution is 2.33. The average molecular weight is 220 g/mol. The van der Waals surface area contributed by atoms with Gasteiger partial charge in [-0.2, -0.15) is 0 Å². The van der Waals surface area contributed by atoms with Crippen LogP contribution in [0.4, 0.5) is 0 Å². The molecule has 2 aromatic heterocycles. The summed E-state index contributed by atoms with van der Waals surface area (Å²) in [5, 5.41) is 1.07. The van der Waals surface area contributed by atoms with Crippen LogP contribution in [0.2, 0.25) is 0 Å². The van der Waals surface area contributed by atoms with Gasteiger partial charge in [0.1, 0.15) is 0 Å². The summed E-state index contributed by atoms with van der Waals surface area (Å²) < 4.78 is 0. The van der Waals surface area contributed by atoms with Gasteiger partial charge in [0, 0.05) is 24.4 Å². The molecule has 0 atom stereocenters. The van der Waals surface area contributed by atoms with Gasteiger partial charge in [-0.3, -0.25) is 0 Å². The molecule has 5 heteroatoms. The Labute approximate surface area is 91.6 Å². The predicted octanol–water partition coefficient (Wildman–Crippen LogP) is 1.51. The predicted molar refractivity (Wildman–Crippen MR) is 59.7 cm³/mol. The van der Waals surface area contributed by atoms with E-state index in [1.54, 1.807) is 23.7 Å². The van der Waals surface area contributed by atoms with Crippen molar-refractivity contribution in [1.29, 1.82) is 0 Å². The maximum atomic E-state index is 6.18. The van der Waals surface area contributed by atoms with Crippen molar-refractivity contribution in [3.05, 3.63) is 17.4 Å². The Morgan fingerprint density at radius 3 is 2.80 bits per heavy atom. The first-order chi connectivity index (χ1) is 7.25. The summed E-state index contributed by atoms with van der Waals surface area (Å²) in [7, 11) is 0. The zero-order valence-corrected chi connectivity index (χ0v) is 9.13. The molecule has 4 nitrogen and oxygen atoms in total. The molecule has 2 N–H and O–H groups in total. The highest BCUT2D eigenvalue weighted by atomic mass is 32.1. The van der Waals surface area contributed by atoms with Crippen LogP contribution in [0.1, 0.15) is 24.3 Å². The molecule has 1 saturated carbocycles. The van der Waals surface area contributed by atoms with E-state index in [-0.39, 0.29) is 5.54 Å². The zero-order chi connectivity index (χ0) is 10.3. The molecule has 2 aromatic rings. The van der Waals surface area contributed by atoms with Crippen LogP contribution >= 0.6 is 11.3 Å². The maximum Gasteiger partial charge on any atom is 0.189 e. The molecule has 3 rings (SSSR count). The lowest BCUT2D eigenvalue weighted by Crippen LogP contribution is -2.48. The minimum atomic E-state index is -0.00608. The molecule has 1 aliphatic rings. The third-order valence-electron chi connectivity index (χ3n) is 2.94. The van der Waals surface area contributed by atoms with Gasteiger partial charge in [0.05, 0.1) is 5.01 Å². The van der Waals surface area contributed by atoms with Crippen molar-refractivity contribution in [3.63, 3.8) is 0 Å². The van der Waals surface area contributed by atoms with Crippen LogP contribution in [0.25, 0.3) is 10.5 Å². The Bertz CT molecular complexity index is 456. The van der Waals surface area contributed by atoms with E-state index in [1.165, 1.54) is 6.42 Å². The standard InChI is InChI=1S/C10H12N4S/c11-10(2-1-3-10)6-7-14-8-9(15-7)13-5-4-12-8/h4-5H,1-3,6,11H2. The molecule has 0 saturated heterocycles. The quantitative estimate of drug-likeness (QED) is 0.833. The highest BCUT2D eigenvalue weighted by molar-refractivity contribution is 7.18. The largest absolute Gasteiger partial charge is 0.325 e. The second kappa shape index (κ2) is 3.21. The topological polar surface area (TPSA) is 64.7 Å². The van der Waals surface area contributed by atoms with Crippen LogP contribution in [-0.2, 0) is 6.42 Å². The number of thiazole rings is 1. The Morgan fingerprint density at radius 2 is 2.13 bits per heavy atom. The van der Waals surface area contributed by atoms with Crippen LogP contribution in [0, 0.1) is 0 Å². The second-order valence-electron chi connectivity index (χ2n) is 4.19. The van der Waals surface area contributed by atoms with E-state index in [0.717, 1.165) is 34.7 Å². The van der Waals surface area contributed by atoms with Gasteiger partial charge >= 0.3 is 0 Å². The number of hydrogen-bond acceptors (Lipinski definition) is 5. The van der Waals surface area contributed by atoms with Crippen molar-refractivity contribution in [2.75, 3.05) is 0 Å². The number of hydrogen-bond donors (Lipinski definition) is 1. The Kier molecular flexibility index (Phi) is 1.97. The number of nitrogens with zero attached hydrogens (tertiary/aromatic N) is 3. The fourth-order valence-corrected chi connectivity index (χ4v) is 2.92. The average Bonchev–Trinajstić information content (AvgIpc) is 2.57. The van der Waals surface area contributed by atoms with E-state index < -0.39 is 0 Å². The fourth-order valence-electron chi connectivity index (χ4n) is 1.90. The number of aromatic nitrogens is 3. The van der Waals surface area contributed by atoms with Crippen LogP contribution < -0.4 is 5.73 Å². The molecule has 78 valence electrons. The van der Waals surface area contributed by atoms with Crippen molar-refractivity contribution < 1.29 is 0 Å². The summed E-state index contributed by atoms with van der Waals surface area (Å²) in [5.41, 5.74) is 6.93. The van der Waals surface area contributed by atoms with Crippen molar-refractivity contribution in [3.8, 4) is 0 Å². The molecule has 1 fully saturated rings. The third-order valence-corrected chi connectivity index (χ3v) is 3.90. The van der Waals surface area contributed by atoms with Crippen LogP contribution in [-0.4, -0.2) is 20.5 Å². The fraction of sp³-hybridized carbons (Fsp3) is 0.500. The van der Waals surface area contributed by atoms with E-state index in [4.69, 9.17) is 5.73 Å². The minimum absolute atomic E-state index is 0.00608. The summed E-state index contributed by atoms with van der Waals surface area (Å²) in [6.45, 7) is 0. The van der Waals surface area contributed by atoms with Crippen LogP contribution in [0.3, 0.4) is 0 Å². The summed E-state index contributed by atoms with van der Waals surface area (Å²) in [6.07, 6.45) is 7.72. The summed E-state index contributed by atoms with van der Waals surface area (Å²) in [6, 6.07) is 0.